The summed E-state index contributed by atoms with van der Waals surface area (Å²) in [5.41, 5.74) is 3.89. The molecule has 0 spiro atoms. The van der Waals surface area contributed by atoms with Crippen molar-refractivity contribution < 1.29 is 20.1 Å². The fourth-order valence-corrected chi connectivity index (χ4v) is 3.60. The number of pyridine rings is 1. The molecule has 0 aliphatic carbocycles. The SMILES string of the molecule is CC(Cc1cccc(CC(=O)NCc2ccccn2)c1)NCC(O)c1ccc(O)c(CO)c1. The van der Waals surface area contributed by atoms with Crippen LogP contribution in [0.5, 0.6) is 5.75 Å². The molecule has 1 heterocycles. The molecule has 7 nitrogen and oxygen atoms in total. The van der Waals surface area contributed by atoms with Gasteiger partial charge in [0.2, 0.25) is 5.91 Å². The largest absolute Gasteiger partial charge is 0.508 e. The summed E-state index contributed by atoms with van der Waals surface area (Å²) >= 11 is 0. The van der Waals surface area contributed by atoms with Gasteiger partial charge in [-0.25, -0.2) is 0 Å². The van der Waals surface area contributed by atoms with Crippen LogP contribution in [0.15, 0.2) is 66.9 Å². The van der Waals surface area contributed by atoms with E-state index in [4.69, 9.17) is 0 Å². The Bertz CT molecular complexity index is 1040. The lowest BCUT2D eigenvalue weighted by atomic mass is 10.0. The molecular weight excluding hydrogens is 418 g/mol. The maximum absolute atomic E-state index is 12.3. The minimum Gasteiger partial charge on any atom is -0.508 e. The molecule has 5 N–H and O–H groups in total. The van der Waals surface area contributed by atoms with E-state index >= 15 is 0 Å². The summed E-state index contributed by atoms with van der Waals surface area (Å²) in [6, 6.07) is 18.4. The summed E-state index contributed by atoms with van der Waals surface area (Å²) in [7, 11) is 0. The molecule has 7 heteroatoms. The van der Waals surface area contributed by atoms with E-state index in [0.29, 0.717) is 30.6 Å². The van der Waals surface area contributed by atoms with E-state index in [1.807, 2.05) is 49.4 Å². The molecule has 3 rings (SSSR count). The zero-order valence-electron chi connectivity index (χ0n) is 18.7. The number of aliphatic hydroxyl groups excluding tert-OH is 2. The van der Waals surface area contributed by atoms with E-state index in [2.05, 4.69) is 15.6 Å². The molecular formula is C26H31N3O4. The first-order chi connectivity index (χ1) is 15.9. The fourth-order valence-electron chi connectivity index (χ4n) is 3.60. The highest BCUT2D eigenvalue weighted by Crippen LogP contribution is 2.22. The number of aliphatic hydroxyl groups is 2. The quantitative estimate of drug-likeness (QED) is 0.307. The van der Waals surface area contributed by atoms with Crippen molar-refractivity contribution in [3.05, 3.63) is 94.8 Å². The molecule has 0 bridgehead atoms. The number of hydrogen-bond donors (Lipinski definition) is 5. The Morgan fingerprint density at radius 2 is 1.88 bits per heavy atom. The van der Waals surface area contributed by atoms with Crippen molar-refractivity contribution in [1.29, 1.82) is 0 Å². The number of hydrogen-bond acceptors (Lipinski definition) is 6. The molecule has 2 atom stereocenters. The second kappa shape index (κ2) is 12.1. The third-order valence-corrected chi connectivity index (χ3v) is 5.41. The predicted octanol–water partition coefficient (Wildman–Crippen LogP) is 2.39. The number of nitrogens with one attached hydrogen (secondary N) is 2. The number of carbonyl (C=O) groups is 1. The van der Waals surface area contributed by atoms with E-state index in [0.717, 1.165) is 23.2 Å². The Hall–Kier alpha value is -3.26. The van der Waals surface area contributed by atoms with Gasteiger partial charge >= 0.3 is 0 Å². The van der Waals surface area contributed by atoms with E-state index in [1.165, 1.54) is 6.07 Å². The summed E-state index contributed by atoms with van der Waals surface area (Å²) < 4.78 is 0. The van der Waals surface area contributed by atoms with Gasteiger partial charge in [0, 0.05) is 24.3 Å². The molecule has 0 aliphatic heterocycles. The molecule has 2 aromatic carbocycles. The smallest absolute Gasteiger partial charge is 0.224 e. The number of amides is 1. The van der Waals surface area contributed by atoms with Crippen LogP contribution in [-0.4, -0.2) is 38.8 Å². The maximum Gasteiger partial charge on any atom is 0.224 e. The van der Waals surface area contributed by atoms with Crippen LogP contribution in [0.4, 0.5) is 0 Å². The summed E-state index contributed by atoms with van der Waals surface area (Å²) in [4.78, 5) is 16.5. The van der Waals surface area contributed by atoms with Gasteiger partial charge in [-0.2, -0.15) is 0 Å². The van der Waals surface area contributed by atoms with Gasteiger partial charge in [0.05, 0.1) is 31.4 Å². The number of phenols is 1. The van der Waals surface area contributed by atoms with Gasteiger partial charge in [-0.3, -0.25) is 9.78 Å². The third-order valence-electron chi connectivity index (χ3n) is 5.41. The maximum atomic E-state index is 12.3. The van der Waals surface area contributed by atoms with Gasteiger partial charge in [-0.15, -0.1) is 0 Å². The molecule has 0 radical (unpaired) electrons. The van der Waals surface area contributed by atoms with E-state index in [1.54, 1.807) is 18.3 Å². The average Bonchev–Trinajstić information content (AvgIpc) is 2.82. The molecule has 33 heavy (non-hydrogen) atoms. The van der Waals surface area contributed by atoms with Gasteiger partial charge in [-0.05, 0) is 54.3 Å². The molecule has 0 aliphatic rings. The molecule has 1 aromatic heterocycles. The number of aromatic nitrogens is 1. The van der Waals surface area contributed by atoms with E-state index in [9.17, 15) is 20.1 Å². The summed E-state index contributed by atoms with van der Waals surface area (Å²) in [5, 5.41) is 35.6. The normalized spacial score (nSPS) is 12.8. The number of carbonyl (C=O) groups excluding carboxylic acids is 1. The summed E-state index contributed by atoms with van der Waals surface area (Å²) in [6.07, 6.45) is 1.99. The van der Waals surface area contributed by atoms with Crippen molar-refractivity contribution in [3.63, 3.8) is 0 Å². The average molecular weight is 450 g/mol. The van der Waals surface area contributed by atoms with Crippen LogP contribution < -0.4 is 10.6 Å². The second-order valence-corrected chi connectivity index (χ2v) is 8.17. The van der Waals surface area contributed by atoms with Gasteiger partial charge in [0.25, 0.3) is 0 Å². The molecule has 1 amide bonds. The molecule has 0 fully saturated rings. The van der Waals surface area contributed by atoms with Crippen molar-refractivity contribution in [3.8, 4) is 5.75 Å². The Kier molecular flexibility index (Phi) is 8.95. The van der Waals surface area contributed by atoms with Crippen molar-refractivity contribution >= 4 is 5.91 Å². The van der Waals surface area contributed by atoms with Crippen LogP contribution >= 0.6 is 0 Å². The number of nitrogens with zero attached hydrogens (tertiary/aromatic N) is 1. The highest BCUT2D eigenvalue weighted by Gasteiger charge is 2.13. The first kappa shape index (κ1) is 24.4. The van der Waals surface area contributed by atoms with Crippen LogP contribution in [0.2, 0.25) is 0 Å². The monoisotopic (exact) mass is 449 g/mol. The van der Waals surface area contributed by atoms with Gasteiger partial charge in [0.1, 0.15) is 5.75 Å². The summed E-state index contributed by atoms with van der Waals surface area (Å²) in [6.45, 7) is 2.50. The topological polar surface area (TPSA) is 115 Å². The molecule has 0 saturated heterocycles. The molecule has 3 aromatic rings. The number of aromatic hydroxyl groups is 1. The Morgan fingerprint density at radius 1 is 1.06 bits per heavy atom. The fraction of sp³-hybridized carbons (Fsp3) is 0.308. The zero-order valence-corrected chi connectivity index (χ0v) is 18.7. The minimum atomic E-state index is -0.757. The summed E-state index contributed by atoms with van der Waals surface area (Å²) in [5.74, 6) is -0.0386. The lowest BCUT2D eigenvalue weighted by Crippen LogP contribution is -2.32. The Labute approximate surface area is 194 Å². The lowest BCUT2D eigenvalue weighted by molar-refractivity contribution is -0.120. The van der Waals surface area contributed by atoms with Crippen molar-refractivity contribution in [2.24, 2.45) is 0 Å². The van der Waals surface area contributed by atoms with Crippen molar-refractivity contribution in [2.75, 3.05) is 6.54 Å². The first-order valence-electron chi connectivity index (χ1n) is 11.0. The standard InChI is InChI=1S/C26H31N3O4/c1-18(28-16-25(32)21-8-9-24(31)22(14-21)17-30)11-19-5-4-6-20(12-19)13-26(33)29-15-23-7-2-3-10-27-23/h2-10,12,14,18,25,28,30-32H,11,13,15-17H2,1H3,(H,29,33). The Balaban J connectivity index is 1.47. The van der Waals surface area contributed by atoms with E-state index < -0.39 is 6.10 Å². The lowest BCUT2D eigenvalue weighted by Gasteiger charge is -2.18. The van der Waals surface area contributed by atoms with Gasteiger partial charge < -0.3 is 26.0 Å². The zero-order chi connectivity index (χ0) is 23.6. The molecule has 2 unspecified atom stereocenters. The van der Waals surface area contributed by atoms with Crippen LogP contribution in [0, 0.1) is 0 Å². The number of rotatable bonds is 11. The van der Waals surface area contributed by atoms with Crippen molar-refractivity contribution in [2.45, 2.75) is 45.1 Å². The minimum absolute atomic E-state index is 0.0140. The van der Waals surface area contributed by atoms with Gasteiger partial charge in [-0.1, -0.05) is 36.4 Å². The first-order valence-corrected chi connectivity index (χ1v) is 11.0. The molecule has 0 saturated carbocycles. The highest BCUT2D eigenvalue weighted by atomic mass is 16.3. The Morgan fingerprint density at radius 3 is 2.64 bits per heavy atom. The van der Waals surface area contributed by atoms with Gasteiger partial charge in [0.15, 0.2) is 0 Å². The van der Waals surface area contributed by atoms with Crippen LogP contribution in [0.25, 0.3) is 0 Å². The van der Waals surface area contributed by atoms with Crippen LogP contribution in [-0.2, 0) is 30.8 Å². The second-order valence-electron chi connectivity index (χ2n) is 8.17. The van der Waals surface area contributed by atoms with Crippen LogP contribution in [0.3, 0.4) is 0 Å². The van der Waals surface area contributed by atoms with E-state index in [-0.39, 0.29) is 24.3 Å². The van der Waals surface area contributed by atoms with Crippen molar-refractivity contribution in [1.82, 2.24) is 15.6 Å². The number of benzene rings is 2. The highest BCUT2D eigenvalue weighted by molar-refractivity contribution is 5.78. The predicted molar refractivity (Wildman–Crippen MR) is 126 cm³/mol. The van der Waals surface area contributed by atoms with Crippen LogP contribution in [0.1, 0.15) is 41.0 Å². The molecule has 174 valence electrons. The third kappa shape index (κ3) is 7.68.